The van der Waals surface area contributed by atoms with Crippen molar-refractivity contribution in [2.24, 2.45) is 4.99 Å². The number of hydrogen-bond acceptors (Lipinski definition) is 7. The van der Waals surface area contributed by atoms with Crippen molar-refractivity contribution < 1.29 is 9.90 Å². The van der Waals surface area contributed by atoms with Crippen LogP contribution in [0.15, 0.2) is 17.3 Å². The number of aliphatic hydroxyl groups is 1. The molecule has 8 heteroatoms. The summed E-state index contributed by atoms with van der Waals surface area (Å²) in [6, 6.07) is 2.13. The van der Waals surface area contributed by atoms with Gasteiger partial charge in [0.25, 0.3) is 5.91 Å². The van der Waals surface area contributed by atoms with Crippen LogP contribution in [0.5, 0.6) is 0 Å². The molecule has 3 heterocycles. The van der Waals surface area contributed by atoms with E-state index in [1.807, 2.05) is 7.05 Å². The second-order valence-corrected chi connectivity index (χ2v) is 5.56. The maximum absolute atomic E-state index is 11.6. The van der Waals surface area contributed by atoms with Gasteiger partial charge in [-0.2, -0.15) is 0 Å². The minimum absolute atomic E-state index is 0.287. The average Bonchev–Trinajstić information content (AvgIpc) is 2.85. The lowest BCUT2D eigenvalue weighted by Gasteiger charge is -2.31. The third-order valence-corrected chi connectivity index (χ3v) is 3.98. The van der Waals surface area contributed by atoms with Gasteiger partial charge in [-0.25, -0.2) is 15.0 Å². The fourth-order valence-corrected chi connectivity index (χ4v) is 2.72. The predicted molar refractivity (Wildman–Crippen MR) is 81.6 cm³/mol. The molecule has 2 unspecified atom stereocenters. The molecule has 1 aromatic rings. The molecule has 1 saturated heterocycles. The molecule has 1 amide bonds. The number of likely N-dealkylation sites (N-methyl/N-ethyl adjacent to an activating group) is 1. The molecule has 0 aliphatic carbocycles. The zero-order valence-corrected chi connectivity index (χ0v) is 12.5. The number of amides is 1. The van der Waals surface area contributed by atoms with E-state index in [0.717, 1.165) is 25.9 Å². The number of aliphatic hydroxyl groups excluding tert-OH is 1. The molecule has 0 aromatic carbocycles. The summed E-state index contributed by atoms with van der Waals surface area (Å²) in [6.45, 7) is 1.98. The van der Waals surface area contributed by atoms with E-state index in [0.29, 0.717) is 23.4 Å². The summed E-state index contributed by atoms with van der Waals surface area (Å²) in [6.07, 6.45) is 3.09. The molecule has 0 bridgehead atoms. The van der Waals surface area contributed by atoms with Crippen LogP contribution in [0.3, 0.4) is 0 Å². The third kappa shape index (κ3) is 3.23. The zero-order valence-electron chi connectivity index (χ0n) is 12.5. The van der Waals surface area contributed by atoms with Crippen LogP contribution >= 0.6 is 0 Å². The van der Waals surface area contributed by atoms with Crippen LogP contribution in [0.4, 0.5) is 5.95 Å². The fourth-order valence-electron chi connectivity index (χ4n) is 2.72. The molecule has 1 aromatic heterocycles. The van der Waals surface area contributed by atoms with Crippen molar-refractivity contribution in [2.45, 2.75) is 31.7 Å². The number of piperidine rings is 1. The summed E-state index contributed by atoms with van der Waals surface area (Å²) in [4.78, 5) is 26.4. The van der Waals surface area contributed by atoms with Crippen molar-refractivity contribution >= 4 is 17.6 Å². The number of nitrogens with one attached hydrogen (secondary N) is 2. The van der Waals surface area contributed by atoms with E-state index in [1.165, 1.54) is 0 Å². The molecule has 2 aliphatic heterocycles. The molecule has 0 spiro atoms. The summed E-state index contributed by atoms with van der Waals surface area (Å²) in [5.41, 5.74) is 1.00. The third-order valence-electron chi connectivity index (χ3n) is 3.98. The second-order valence-electron chi connectivity index (χ2n) is 5.56. The SMILES string of the molecule is CN(c1nccc(CC2=NC(O)NC2=O)n1)C1CCCNC1. The first-order chi connectivity index (χ1) is 10.6. The number of rotatable bonds is 4. The van der Waals surface area contributed by atoms with Gasteiger partial charge in [-0.15, -0.1) is 0 Å². The maximum atomic E-state index is 11.6. The highest BCUT2D eigenvalue weighted by atomic mass is 16.3. The lowest BCUT2D eigenvalue weighted by Crippen LogP contribution is -2.44. The van der Waals surface area contributed by atoms with Crippen LogP contribution in [-0.2, 0) is 11.2 Å². The summed E-state index contributed by atoms with van der Waals surface area (Å²) < 4.78 is 0. The van der Waals surface area contributed by atoms with Crippen LogP contribution in [0.1, 0.15) is 18.5 Å². The topological polar surface area (TPSA) is 103 Å². The molecule has 118 valence electrons. The van der Waals surface area contributed by atoms with Gasteiger partial charge in [0.05, 0.1) is 5.69 Å². The normalized spacial score (nSPS) is 24.8. The van der Waals surface area contributed by atoms with Gasteiger partial charge in [-0.05, 0) is 25.5 Å². The summed E-state index contributed by atoms with van der Waals surface area (Å²) >= 11 is 0. The van der Waals surface area contributed by atoms with E-state index in [1.54, 1.807) is 12.3 Å². The number of carbonyl (C=O) groups excluding carboxylic acids is 1. The molecule has 3 N–H and O–H groups in total. The van der Waals surface area contributed by atoms with Gasteiger partial charge in [0.15, 0.2) is 0 Å². The molecule has 0 saturated carbocycles. The van der Waals surface area contributed by atoms with Crippen LogP contribution in [0.2, 0.25) is 0 Å². The van der Waals surface area contributed by atoms with Crippen LogP contribution in [0.25, 0.3) is 0 Å². The molecule has 2 atom stereocenters. The van der Waals surface area contributed by atoms with E-state index in [9.17, 15) is 9.90 Å². The van der Waals surface area contributed by atoms with E-state index in [2.05, 4.69) is 30.5 Å². The van der Waals surface area contributed by atoms with Crippen molar-refractivity contribution in [2.75, 3.05) is 25.0 Å². The standard InChI is InChI=1S/C14H20N6O2/c1-20(10-3-2-5-15-8-10)13-16-6-4-9(17-13)7-11-12(21)19-14(22)18-11/h4,6,10,14-15,22H,2-3,5,7-8H2,1H3,(H,19,21). The molecule has 1 fully saturated rings. The van der Waals surface area contributed by atoms with Gasteiger partial charge in [0.2, 0.25) is 12.3 Å². The van der Waals surface area contributed by atoms with E-state index in [-0.39, 0.29) is 12.3 Å². The summed E-state index contributed by atoms with van der Waals surface area (Å²) in [5, 5.41) is 15.0. The molecule has 8 nitrogen and oxygen atoms in total. The smallest absolute Gasteiger partial charge is 0.269 e. The minimum atomic E-state index is -1.14. The van der Waals surface area contributed by atoms with Crippen molar-refractivity contribution in [1.82, 2.24) is 20.6 Å². The summed E-state index contributed by atoms with van der Waals surface area (Å²) in [5.74, 6) is 0.295. The average molecular weight is 304 g/mol. The Bertz CT molecular complexity index is 584. The highest BCUT2D eigenvalue weighted by Crippen LogP contribution is 2.15. The molecular formula is C14H20N6O2. The Labute approximate surface area is 128 Å². The maximum Gasteiger partial charge on any atom is 0.269 e. The number of aliphatic imine (C=N–C) groups is 1. The van der Waals surface area contributed by atoms with Gasteiger partial charge in [-0.1, -0.05) is 0 Å². The molecule has 0 radical (unpaired) electrons. The largest absolute Gasteiger partial charge is 0.355 e. The molecule has 22 heavy (non-hydrogen) atoms. The first kappa shape index (κ1) is 14.9. The Morgan fingerprint density at radius 2 is 2.36 bits per heavy atom. The van der Waals surface area contributed by atoms with E-state index < -0.39 is 6.35 Å². The predicted octanol–water partition coefficient (Wildman–Crippen LogP) is -0.946. The molecule has 3 rings (SSSR count). The second kappa shape index (κ2) is 6.37. The van der Waals surface area contributed by atoms with Crippen molar-refractivity contribution in [3.63, 3.8) is 0 Å². The monoisotopic (exact) mass is 304 g/mol. The lowest BCUT2D eigenvalue weighted by molar-refractivity contribution is -0.116. The lowest BCUT2D eigenvalue weighted by atomic mass is 10.1. The first-order valence-electron chi connectivity index (χ1n) is 7.44. The van der Waals surface area contributed by atoms with Crippen LogP contribution in [0, 0.1) is 0 Å². The highest BCUT2D eigenvalue weighted by Gasteiger charge is 2.24. The molecule has 2 aliphatic rings. The van der Waals surface area contributed by atoms with Crippen molar-refractivity contribution in [3.8, 4) is 0 Å². The van der Waals surface area contributed by atoms with Gasteiger partial charge in [-0.3, -0.25) is 4.79 Å². The Balaban J connectivity index is 1.72. The Hall–Kier alpha value is -2.06. The number of carbonyl (C=O) groups is 1. The Kier molecular flexibility index (Phi) is 4.30. The fraction of sp³-hybridized carbons (Fsp3) is 0.571. The first-order valence-corrected chi connectivity index (χ1v) is 7.44. The number of anilines is 1. The Morgan fingerprint density at radius 1 is 1.50 bits per heavy atom. The number of hydrogen-bond donors (Lipinski definition) is 3. The van der Waals surface area contributed by atoms with E-state index in [4.69, 9.17) is 0 Å². The van der Waals surface area contributed by atoms with Gasteiger partial charge in [0, 0.05) is 32.3 Å². The Morgan fingerprint density at radius 3 is 3.05 bits per heavy atom. The zero-order chi connectivity index (χ0) is 15.5. The van der Waals surface area contributed by atoms with E-state index >= 15 is 0 Å². The van der Waals surface area contributed by atoms with Gasteiger partial charge >= 0.3 is 0 Å². The number of nitrogens with zero attached hydrogens (tertiary/aromatic N) is 4. The van der Waals surface area contributed by atoms with Crippen molar-refractivity contribution in [1.29, 1.82) is 0 Å². The van der Waals surface area contributed by atoms with Gasteiger partial charge < -0.3 is 20.6 Å². The summed E-state index contributed by atoms with van der Waals surface area (Å²) in [7, 11) is 1.99. The highest BCUT2D eigenvalue weighted by molar-refractivity contribution is 6.40. The minimum Gasteiger partial charge on any atom is -0.355 e. The van der Waals surface area contributed by atoms with Crippen LogP contribution < -0.4 is 15.5 Å². The molecular weight excluding hydrogens is 284 g/mol. The van der Waals surface area contributed by atoms with Crippen LogP contribution in [-0.4, -0.2) is 59.2 Å². The van der Waals surface area contributed by atoms with Gasteiger partial charge in [0.1, 0.15) is 5.71 Å². The van der Waals surface area contributed by atoms with Crippen molar-refractivity contribution in [3.05, 3.63) is 18.0 Å². The quantitative estimate of drug-likeness (QED) is 0.663. The number of aromatic nitrogens is 2.